The van der Waals surface area contributed by atoms with E-state index in [1.165, 1.54) is 5.69 Å². The number of hydrogen-bond acceptors (Lipinski definition) is 3. The predicted molar refractivity (Wildman–Crippen MR) is 89.1 cm³/mol. The Labute approximate surface area is 136 Å². The van der Waals surface area contributed by atoms with E-state index in [-0.39, 0.29) is 12.1 Å². The molecule has 2 aliphatic rings. The van der Waals surface area contributed by atoms with Crippen LogP contribution in [-0.2, 0) is 4.79 Å². The maximum atomic E-state index is 12.4. The molecule has 3 amide bonds. The van der Waals surface area contributed by atoms with Crippen molar-refractivity contribution in [2.45, 2.75) is 37.8 Å². The number of anilines is 1. The van der Waals surface area contributed by atoms with Gasteiger partial charge >= 0.3 is 6.03 Å². The summed E-state index contributed by atoms with van der Waals surface area (Å²) < 4.78 is 0. The Bertz CT molecular complexity index is 555. The molecule has 124 valence electrons. The van der Waals surface area contributed by atoms with Gasteiger partial charge in [0.2, 0.25) is 5.91 Å². The molecule has 1 aromatic rings. The van der Waals surface area contributed by atoms with Gasteiger partial charge in [0.15, 0.2) is 0 Å². The van der Waals surface area contributed by atoms with Gasteiger partial charge in [-0.25, -0.2) is 4.79 Å². The van der Waals surface area contributed by atoms with Crippen LogP contribution in [0.25, 0.3) is 0 Å². The molecular formula is C17H24N4O2. The zero-order valence-corrected chi connectivity index (χ0v) is 13.3. The molecule has 2 aliphatic heterocycles. The van der Waals surface area contributed by atoms with E-state index in [4.69, 9.17) is 5.73 Å². The minimum atomic E-state index is -0.445. The van der Waals surface area contributed by atoms with Crippen molar-refractivity contribution in [3.63, 3.8) is 0 Å². The smallest absolute Gasteiger partial charge is 0.318 e. The molecule has 1 atom stereocenters. The molecule has 3 N–H and O–H groups in total. The molecule has 0 unspecified atom stereocenters. The summed E-state index contributed by atoms with van der Waals surface area (Å²) in [7, 11) is 0. The summed E-state index contributed by atoms with van der Waals surface area (Å²) in [6.07, 6.45) is 3.34. The van der Waals surface area contributed by atoms with Crippen LogP contribution >= 0.6 is 0 Å². The van der Waals surface area contributed by atoms with Gasteiger partial charge in [-0.05, 0) is 37.8 Å². The fourth-order valence-electron chi connectivity index (χ4n) is 3.48. The number of para-hydroxylation sites is 1. The van der Waals surface area contributed by atoms with Gasteiger partial charge in [0.1, 0.15) is 6.04 Å². The second kappa shape index (κ2) is 6.89. The van der Waals surface area contributed by atoms with E-state index in [1.54, 1.807) is 4.90 Å². The second-order valence-electron chi connectivity index (χ2n) is 6.30. The fourth-order valence-corrected chi connectivity index (χ4v) is 3.48. The molecule has 1 aromatic carbocycles. The fraction of sp³-hybridized carbons (Fsp3) is 0.529. The molecule has 0 saturated carbocycles. The number of carbonyl (C=O) groups is 2. The molecule has 6 heteroatoms. The van der Waals surface area contributed by atoms with Crippen molar-refractivity contribution in [3.05, 3.63) is 30.3 Å². The number of likely N-dealkylation sites (tertiary alicyclic amines) is 1. The number of piperidine rings is 1. The molecule has 23 heavy (non-hydrogen) atoms. The lowest BCUT2D eigenvalue weighted by Crippen LogP contribution is -2.52. The number of primary amides is 1. The molecule has 0 spiro atoms. The number of urea groups is 1. The van der Waals surface area contributed by atoms with Gasteiger partial charge in [0.25, 0.3) is 0 Å². The summed E-state index contributed by atoms with van der Waals surface area (Å²) in [6, 6.07) is 9.89. The summed E-state index contributed by atoms with van der Waals surface area (Å²) in [5.41, 5.74) is 6.60. The first-order valence-corrected chi connectivity index (χ1v) is 8.31. The first kappa shape index (κ1) is 15.6. The van der Waals surface area contributed by atoms with Crippen molar-refractivity contribution in [1.82, 2.24) is 10.2 Å². The molecule has 2 heterocycles. The van der Waals surface area contributed by atoms with Crippen molar-refractivity contribution in [1.29, 1.82) is 0 Å². The van der Waals surface area contributed by atoms with Crippen molar-refractivity contribution >= 4 is 17.6 Å². The third kappa shape index (κ3) is 3.57. The largest absolute Gasteiger partial charge is 0.371 e. The summed E-state index contributed by atoms with van der Waals surface area (Å²) in [5.74, 6) is -0.406. The number of nitrogens with one attached hydrogen (secondary N) is 1. The van der Waals surface area contributed by atoms with E-state index in [0.717, 1.165) is 32.4 Å². The number of rotatable bonds is 3. The van der Waals surface area contributed by atoms with Crippen LogP contribution in [0.15, 0.2) is 30.3 Å². The van der Waals surface area contributed by atoms with Gasteiger partial charge in [0.05, 0.1) is 0 Å². The zero-order valence-electron chi connectivity index (χ0n) is 13.3. The Morgan fingerprint density at radius 1 is 1.04 bits per heavy atom. The van der Waals surface area contributed by atoms with Gasteiger partial charge in [-0.2, -0.15) is 0 Å². The highest BCUT2D eigenvalue weighted by atomic mass is 16.2. The number of hydrogen-bond donors (Lipinski definition) is 2. The van der Waals surface area contributed by atoms with Crippen LogP contribution in [0.2, 0.25) is 0 Å². The Morgan fingerprint density at radius 2 is 1.74 bits per heavy atom. The zero-order chi connectivity index (χ0) is 16.2. The maximum absolute atomic E-state index is 12.4. The lowest BCUT2D eigenvalue weighted by molar-refractivity contribution is -0.121. The van der Waals surface area contributed by atoms with E-state index in [2.05, 4.69) is 22.3 Å². The Kier molecular flexibility index (Phi) is 4.69. The van der Waals surface area contributed by atoms with Gasteiger partial charge < -0.3 is 20.9 Å². The van der Waals surface area contributed by atoms with Crippen molar-refractivity contribution in [3.8, 4) is 0 Å². The SMILES string of the molecule is NC(=O)[C@H]1CCCN1C(=O)NC1CCN(c2ccccc2)CC1. The second-order valence-corrected chi connectivity index (χ2v) is 6.30. The van der Waals surface area contributed by atoms with Gasteiger partial charge in [-0.1, -0.05) is 18.2 Å². The molecule has 2 fully saturated rings. The Hall–Kier alpha value is -2.24. The molecule has 0 bridgehead atoms. The molecular weight excluding hydrogens is 292 g/mol. The summed E-state index contributed by atoms with van der Waals surface area (Å²) in [5, 5.41) is 3.07. The lowest BCUT2D eigenvalue weighted by Gasteiger charge is -2.35. The van der Waals surface area contributed by atoms with E-state index in [0.29, 0.717) is 13.0 Å². The van der Waals surface area contributed by atoms with Crippen LogP contribution in [0.5, 0.6) is 0 Å². The lowest BCUT2D eigenvalue weighted by atomic mass is 10.0. The Balaban J connectivity index is 1.51. The van der Waals surface area contributed by atoms with Crippen molar-refractivity contribution < 1.29 is 9.59 Å². The van der Waals surface area contributed by atoms with E-state index in [9.17, 15) is 9.59 Å². The van der Waals surface area contributed by atoms with Crippen LogP contribution in [-0.4, -0.2) is 48.6 Å². The third-order valence-corrected chi connectivity index (χ3v) is 4.79. The average molecular weight is 316 g/mol. The Morgan fingerprint density at radius 3 is 2.39 bits per heavy atom. The molecule has 6 nitrogen and oxygen atoms in total. The minimum Gasteiger partial charge on any atom is -0.371 e. The maximum Gasteiger partial charge on any atom is 0.318 e. The number of amides is 3. The average Bonchev–Trinajstić information content (AvgIpc) is 3.06. The van der Waals surface area contributed by atoms with Crippen LogP contribution in [0.1, 0.15) is 25.7 Å². The number of carbonyl (C=O) groups excluding carboxylic acids is 2. The molecule has 0 radical (unpaired) electrons. The molecule has 0 aliphatic carbocycles. The normalized spacial score (nSPS) is 22.2. The number of benzene rings is 1. The highest BCUT2D eigenvalue weighted by Crippen LogP contribution is 2.21. The highest BCUT2D eigenvalue weighted by Gasteiger charge is 2.33. The summed E-state index contributed by atoms with van der Waals surface area (Å²) in [6.45, 7) is 2.46. The minimum absolute atomic E-state index is 0.149. The predicted octanol–water partition coefficient (Wildman–Crippen LogP) is 1.31. The standard InChI is InChI=1S/C17H24N4O2/c18-16(22)15-7-4-10-21(15)17(23)19-13-8-11-20(12-9-13)14-5-2-1-3-6-14/h1-3,5-6,13,15H,4,7-12H2,(H2,18,22)(H,19,23)/t15-/m1/s1. The highest BCUT2D eigenvalue weighted by molar-refractivity contribution is 5.86. The third-order valence-electron chi connectivity index (χ3n) is 4.79. The monoisotopic (exact) mass is 316 g/mol. The number of nitrogens with zero attached hydrogens (tertiary/aromatic N) is 2. The van der Waals surface area contributed by atoms with E-state index in [1.807, 2.05) is 18.2 Å². The first-order valence-electron chi connectivity index (χ1n) is 8.31. The van der Waals surface area contributed by atoms with Crippen LogP contribution in [0.4, 0.5) is 10.5 Å². The van der Waals surface area contributed by atoms with Crippen LogP contribution in [0, 0.1) is 0 Å². The van der Waals surface area contributed by atoms with E-state index < -0.39 is 11.9 Å². The molecule has 2 saturated heterocycles. The van der Waals surface area contributed by atoms with Crippen molar-refractivity contribution in [2.24, 2.45) is 5.73 Å². The van der Waals surface area contributed by atoms with Crippen LogP contribution < -0.4 is 16.0 Å². The topological polar surface area (TPSA) is 78.7 Å². The van der Waals surface area contributed by atoms with Gasteiger partial charge in [-0.15, -0.1) is 0 Å². The number of nitrogens with two attached hydrogens (primary N) is 1. The van der Waals surface area contributed by atoms with Crippen LogP contribution in [0.3, 0.4) is 0 Å². The summed E-state index contributed by atoms with van der Waals surface area (Å²) in [4.78, 5) is 27.7. The van der Waals surface area contributed by atoms with E-state index >= 15 is 0 Å². The van der Waals surface area contributed by atoms with Gasteiger partial charge in [0, 0.05) is 31.4 Å². The quantitative estimate of drug-likeness (QED) is 0.882. The summed E-state index contributed by atoms with van der Waals surface area (Å²) >= 11 is 0. The van der Waals surface area contributed by atoms with Crippen molar-refractivity contribution in [2.75, 3.05) is 24.5 Å². The molecule has 0 aromatic heterocycles. The first-order chi connectivity index (χ1) is 11.1. The van der Waals surface area contributed by atoms with Gasteiger partial charge in [-0.3, -0.25) is 4.79 Å². The molecule has 3 rings (SSSR count).